The predicted molar refractivity (Wildman–Crippen MR) is 159 cm³/mol. The van der Waals surface area contributed by atoms with Crippen LogP contribution in [0.15, 0.2) is 61.9 Å². The highest BCUT2D eigenvalue weighted by Gasteiger charge is 2.33. The molecule has 1 aliphatic heterocycles. The molecule has 0 N–H and O–H groups in total. The average molecular weight is 644 g/mol. The number of aromatic nitrogens is 1. The second-order valence-corrected chi connectivity index (χ2v) is 11.3. The van der Waals surface area contributed by atoms with Gasteiger partial charge in [0.15, 0.2) is 16.3 Å². The lowest BCUT2D eigenvalue weighted by Gasteiger charge is -2.25. The molecule has 0 spiro atoms. The topological polar surface area (TPSA) is 105 Å². The minimum Gasteiger partial charge on any atom is -0.491 e. The number of halogens is 1. The molecule has 216 valence electrons. The van der Waals surface area contributed by atoms with E-state index in [1.807, 2.05) is 45.0 Å². The number of fused-ring (bicyclic) bond motifs is 1. The molecule has 2 aromatic carbocycles. The van der Waals surface area contributed by atoms with Gasteiger partial charge in [0.2, 0.25) is 0 Å². The fourth-order valence-electron chi connectivity index (χ4n) is 4.44. The van der Waals surface area contributed by atoms with E-state index in [2.05, 4.69) is 20.9 Å². The molecule has 9 nitrogen and oxygen atoms in total. The first-order chi connectivity index (χ1) is 19.5. The zero-order valence-corrected chi connectivity index (χ0v) is 26.1. The Bertz CT molecular complexity index is 1690. The molecule has 0 saturated heterocycles. The van der Waals surface area contributed by atoms with E-state index in [0.717, 1.165) is 5.56 Å². The maximum absolute atomic E-state index is 13.9. The van der Waals surface area contributed by atoms with Gasteiger partial charge in [-0.3, -0.25) is 14.2 Å². The fourth-order valence-corrected chi connectivity index (χ4v) is 6.02. The van der Waals surface area contributed by atoms with Crippen LogP contribution in [0.5, 0.6) is 17.2 Å². The molecule has 0 saturated carbocycles. The molecule has 1 unspecified atom stereocenters. The molecule has 4 rings (SSSR count). The third-order valence-corrected chi connectivity index (χ3v) is 7.53. The molecule has 3 aromatic rings. The molecule has 1 atom stereocenters. The van der Waals surface area contributed by atoms with Crippen LogP contribution in [0.2, 0.25) is 0 Å². The number of ether oxygens (including phenoxy) is 4. The largest absolute Gasteiger partial charge is 0.491 e. The molecule has 1 aromatic heterocycles. The molecule has 0 radical (unpaired) electrons. The van der Waals surface area contributed by atoms with Crippen molar-refractivity contribution in [3.05, 3.63) is 83.0 Å². The summed E-state index contributed by atoms with van der Waals surface area (Å²) in [7, 11) is 0. The smallest absolute Gasteiger partial charge is 0.338 e. The maximum Gasteiger partial charge on any atom is 0.338 e. The van der Waals surface area contributed by atoms with Gasteiger partial charge in [-0.25, -0.2) is 9.79 Å². The Morgan fingerprint density at radius 1 is 1.15 bits per heavy atom. The van der Waals surface area contributed by atoms with Crippen LogP contribution in [0.25, 0.3) is 6.08 Å². The maximum atomic E-state index is 13.9. The SMILES string of the molecule is CCOC(=O)C1=C(C)N=c2s/c(=C\c3cc(Br)c(OC(C)=O)c(OCC)c3)c(=O)n2C1c1ccc(OC(C)C)cc1. The van der Waals surface area contributed by atoms with E-state index < -0.39 is 18.0 Å². The first-order valence-electron chi connectivity index (χ1n) is 13.1. The third-order valence-electron chi connectivity index (χ3n) is 5.96. The van der Waals surface area contributed by atoms with Gasteiger partial charge in [0.25, 0.3) is 5.56 Å². The summed E-state index contributed by atoms with van der Waals surface area (Å²) >= 11 is 4.66. The highest BCUT2D eigenvalue weighted by molar-refractivity contribution is 9.10. The van der Waals surface area contributed by atoms with Crippen molar-refractivity contribution in [2.75, 3.05) is 13.2 Å². The molecule has 41 heavy (non-hydrogen) atoms. The van der Waals surface area contributed by atoms with Crippen molar-refractivity contribution in [3.8, 4) is 17.2 Å². The lowest BCUT2D eigenvalue weighted by molar-refractivity contribution is -0.139. The highest BCUT2D eigenvalue weighted by Crippen LogP contribution is 2.37. The third kappa shape index (κ3) is 6.62. The summed E-state index contributed by atoms with van der Waals surface area (Å²) in [5.74, 6) is 0.296. The van der Waals surface area contributed by atoms with E-state index in [-0.39, 0.29) is 24.0 Å². The quantitative estimate of drug-likeness (QED) is 0.247. The Morgan fingerprint density at radius 2 is 1.85 bits per heavy atom. The normalized spacial score (nSPS) is 14.9. The Hall–Kier alpha value is -3.70. The summed E-state index contributed by atoms with van der Waals surface area (Å²) < 4.78 is 24.6. The minimum atomic E-state index is -0.738. The average Bonchev–Trinajstić information content (AvgIpc) is 3.19. The second kappa shape index (κ2) is 12.9. The first-order valence-corrected chi connectivity index (χ1v) is 14.8. The van der Waals surface area contributed by atoms with E-state index >= 15 is 0 Å². The summed E-state index contributed by atoms with van der Waals surface area (Å²) in [6.45, 7) is 11.0. The van der Waals surface area contributed by atoms with Gasteiger partial charge in [-0.15, -0.1) is 0 Å². The number of hydrogen-bond donors (Lipinski definition) is 0. The number of hydrogen-bond acceptors (Lipinski definition) is 9. The Balaban J connectivity index is 1.88. The molecule has 0 bridgehead atoms. The van der Waals surface area contributed by atoms with E-state index in [1.54, 1.807) is 32.1 Å². The summed E-state index contributed by atoms with van der Waals surface area (Å²) in [6.07, 6.45) is 1.72. The number of esters is 2. The number of benzene rings is 2. The molecule has 11 heteroatoms. The number of rotatable bonds is 9. The Kier molecular flexibility index (Phi) is 9.49. The zero-order chi connectivity index (χ0) is 29.8. The molecular formula is C30H31BrN2O7S. The van der Waals surface area contributed by atoms with E-state index in [0.29, 0.717) is 48.7 Å². The molecule has 0 amide bonds. The molecule has 1 aliphatic rings. The zero-order valence-electron chi connectivity index (χ0n) is 23.6. The van der Waals surface area contributed by atoms with Crippen molar-refractivity contribution in [1.82, 2.24) is 4.57 Å². The van der Waals surface area contributed by atoms with Gasteiger partial charge in [-0.1, -0.05) is 23.5 Å². The standard InChI is InChI=1S/C30H31BrN2O7S/c1-7-37-23-14-19(13-22(31)27(23)40-18(6)34)15-24-28(35)33-26(20-9-11-21(12-10-20)39-16(3)4)25(29(36)38-8-2)17(5)32-30(33)41-24/h9-16,26H,7-8H2,1-6H3/b24-15-. The second-order valence-electron chi connectivity index (χ2n) is 9.39. The van der Waals surface area contributed by atoms with Crippen molar-refractivity contribution in [2.24, 2.45) is 4.99 Å². The van der Waals surface area contributed by atoms with Gasteiger partial charge in [-0.2, -0.15) is 0 Å². The number of carbonyl (C=O) groups excluding carboxylic acids is 2. The Labute approximate surface area is 249 Å². The van der Waals surface area contributed by atoms with Crippen molar-refractivity contribution in [3.63, 3.8) is 0 Å². The monoisotopic (exact) mass is 642 g/mol. The summed E-state index contributed by atoms with van der Waals surface area (Å²) in [6, 6.07) is 10.0. The summed E-state index contributed by atoms with van der Waals surface area (Å²) in [4.78, 5) is 43.7. The Morgan fingerprint density at radius 3 is 2.46 bits per heavy atom. The van der Waals surface area contributed by atoms with Crippen LogP contribution in [0, 0.1) is 0 Å². The summed E-state index contributed by atoms with van der Waals surface area (Å²) in [5.41, 5.74) is 1.84. The fraction of sp³-hybridized carbons (Fsp3) is 0.333. The van der Waals surface area contributed by atoms with Gasteiger partial charge >= 0.3 is 11.9 Å². The number of thiazole rings is 1. The predicted octanol–water partition coefficient (Wildman–Crippen LogP) is 4.67. The number of allylic oxidation sites excluding steroid dienone is 1. The van der Waals surface area contributed by atoms with Crippen molar-refractivity contribution >= 4 is 45.3 Å². The first kappa shape index (κ1) is 30.3. The lowest BCUT2D eigenvalue weighted by Crippen LogP contribution is -2.39. The number of nitrogens with zero attached hydrogens (tertiary/aromatic N) is 2. The van der Waals surface area contributed by atoms with Crippen LogP contribution in [0.4, 0.5) is 0 Å². The van der Waals surface area contributed by atoms with Crippen LogP contribution in [0.3, 0.4) is 0 Å². The van der Waals surface area contributed by atoms with Gasteiger partial charge < -0.3 is 18.9 Å². The molecule has 0 aliphatic carbocycles. The molecular weight excluding hydrogens is 612 g/mol. The van der Waals surface area contributed by atoms with Gasteiger partial charge in [0.05, 0.1) is 45.6 Å². The molecule has 2 heterocycles. The number of carbonyl (C=O) groups is 2. The van der Waals surface area contributed by atoms with E-state index in [1.165, 1.54) is 22.8 Å². The van der Waals surface area contributed by atoms with Crippen LogP contribution < -0.4 is 29.1 Å². The molecule has 0 fully saturated rings. The van der Waals surface area contributed by atoms with Crippen LogP contribution in [0.1, 0.15) is 58.7 Å². The van der Waals surface area contributed by atoms with Crippen LogP contribution in [-0.4, -0.2) is 35.8 Å². The highest BCUT2D eigenvalue weighted by atomic mass is 79.9. The minimum absolute atomic E-state index is 0.00197. The lowest BCUT2D eigenvalue weighted by atomic mass is 9.96. The van der Waals surface area contributed by atoms with Gasteiger partial charge in [0.1, 0.15) is 5.75 Å². The van der Waals surface area contributed by atoms with Crippen LogP contribution in [-0.2, 0) is 14.3 Å². The summed E-state index contributed by atoms with van der Waals surface area (Å²) in [5, 5.41) is 0. The van der Waals surface area contributed by atoms with Gasteiger partial charge in [-0.05, 0) is 92.0 Å². The van der Waals surface area contributed by atoms with Crippen molar-refractivity contribution < 1.29 is 28.5 Å². The van der Waals surface area contributed by atoms with Crippen molar-refractivity contribution in [2.45, 2.75) is 53.7 Å². The van der Waals surface area contributed by atoms with Crippen LogP contribution >= 0.6 is 27.3 Å². The van der Waals surface area contributed by atoms with E-state index in [4.69, 9.17) is 18.9 Å². The van der Waals surface area contributed by atoms with E-state index in [9.17, 15) is 14.4 Å². The van der Waals surface area contributed by atoms with Gasteiger partial charge in [0, 0.05) is 6.92 Å². The van der Waals surface area contributed by atoms with Crippen molar-refractivity contribution in [1.29, 1.82) is 0 Å².